The first-order valence-corrected chi connectivity index (χ1v) is 9.18. The molecule has 1 amide bonds. The number of halogens is 3. The Morgan fingerprint density at radius 1 is 1.15 bits per heavy atom. The summed E-state index contributed by atoms with van der Waals surface area (Å²) in [5.74, 6) is -0.857. The minimum absolute atomic E-state index is 0.0223. The molecule has 2 N–H and O–H groups in total. The maximum atomic E-state index is 12.6. The number of hydrogen-bond acceptors (Lipinski definition) is 4. The lowest BCUT2D eigenvalue weighted by molar-refractivity contribution is -0.274. The fourth-order valence-corrected chi connectivity index (χ4v) is 3.57. The van der Waals surface area contributed by atoms with Gasteiger partial charge < -0.3 is 10.1 Å². The van der Waals surface area contributed by atoms with Gasteiger partial charge in [0, 0.05) is 24.7 Å². The van der Waals surface area contributed by atoms with E-state index in [4.69, 9.17) is 0 Å². The average molecular weight is 402 g/mol. The largest absolute Gasteiger partial charge is 0.573 e. The Balaban J connectivity index is 2.25. The highest BCUT2D eigenvalue weighted by atomic mass is 32.2. The Hall–Kier alpha value is -2.59. The number of rotatable bonds is 6. The van der Waals surface area contributed by atoms with Crippen LogP contribution in [-0.4, -0.2) is 20.7 Å². The number of amides is 1. The molecule has 0 radical (unpaired) electrons. The zero-order valence-corrected chi connectivity index (χ0v) is 15.2. The lowest BCUT2D eigenvalue weighted by Crippen LogP contribution is -2.25. The average Bonchev–Trinajstić information content (AvgIpc) is 2.54. The van der Waals surface area contributed by atoms with Gasteiger partial charge in [-0.15, -0.1) is 13.2 Å². The maximum absolute atomic E-state index is 12.6. The van der Waals surface area contributed by atoms with Crippen molar-refractivity contribution in [2.24, 2.45) is 0 Å². The lowest BCUT2D eigenvalue weighted by atomic mass is 10.2. The van der Waals surface area contributed by atoms with Crippen LogP contribution in [0.2, 0.25) is 0 Å². The van der Waals surface area contributed by atoms with Crippen molar-refractivity contribution in [1.29, 1.82) is 0 Å². The van der Waals surface area contributed by atoms with Gasteiger partial charge in [-0.05, 0) is 30.7 Å². The molecule has 27 heavy (non-hydrogen) atoms. The second-order valence-electron chi connectivity index (χ2n) is 5.64. The van der Waals surface area contributed by atoms with Gasteiger partial charge in [0.05, 0.1) is 4.90 Å². The van der Waals surface area contributed by atoms with Gasteiger partial charge in [-0.3, -0.25) is 4.79 Å². The van der Waals surface area contributed by atoms with Crippen molar-refractivity contribution in [1.82, 2.24) is 4.72 Å². The Kier molecular flexibility index (Phi) is 6.11. The quantitative estimate of drug-likeness (QED) is 0.776. The van der Waals surface area contributed by atoms with Gasteiger partial charge in [0.25, 0.3) is 0 Å². The normalized spacial score (nSPS) is 11.9. The molecule has 2 aromatic rings. The van der Waals surface area contributed by atoms with Crippen LogP contribution >= 0.6 is 0 Å². The molecule has 0 saturated heterocycles. The van der Waals surface area contributed by atoms with Crippen LogP contribution in [0.1, 0.15) is 18.1 Å². The zero-order valence-electron chi connectivity index (χ0n) is 14.4. The third-order valence-electron chi connectivity index (χ3n) is 3.45. The summed E-state index contributed by atoms with van der Waals surface area (Å²) in [5.41, 5.74) is 0.722. The summed E-state index contributed by atoms with van der Waals surface area (Å²) < 4.78 is 68.7. The summed E-state index contributed by atoms with van der Waals surface area (Å²) in [7, 11) is -4.05. The van der Waals surface area contributed by atoms with Gasteiger partial charge >= 0.3 is 6.36 Å². The van der Waals surface area contributed by atoms with Crippen LogP contribution in [0.15, 0.2) is 47.4 Å². The van der Waals surface area contributed by atoms with Crippen molar-refractivity contribution in [3.63, 3.8) is 0 Å². The maximum Gasteiger partial charge on any atom is 0.573 e. The number of alkyl halides is 3. The molecule has 6 nitrogen and oxygen atoms in total. The van der Waals surface area contributed by atoms with E-state index in [0.717, 1.165) is 6.07 Å². The van der Waals surface area contributed by atoms with E-state index in [9.17, 15) is 26.4 Å². The summed E-state index contributed by atoms with van der Waals surface area (Å²) >= 11 is 0. The third-order valence-corrected chi connectivity index (χ3v) is 4.99. The van der Waals surface area contributed by atoms with E-state index in [2.05, 4.69) is 14.8 Å². The van der Waals surface area contributed by atoms with Crippen LogP contribution in [-0.2, 0) is 21.4 Å². The van der Waals surface area contributed by atoms with Crippen LogP contribution in [0.4, 0.5) is 18.9 Å². The topological polar surface area (TPSA) is 84.5 Å². The van der Waals surface area contributed by atoms with Crippen LogP contribution in [0, 0.1) is 6.92 Å². The predicted molar refractivity (Wildman–Crippen MR) is 92.6 cm³/mol. The molecule has 0 unspecified atom stereocenters. The molecule has 0 aliphatic heterocycles. The summed E-state index contributed by atoms with van der Waals surface area (Å²) in [6.45, 7) is 2.44. The Labute approximate surface area is 154 Å². The Bertz CT molecular complexity index is 943. The van der Waals surface area contributed by atoms with E-state index in [1.807, 2.05) is 0 Å². The number of para-hydroxylation sites is 1. The van der Waals surface area contributed by atoms with Crippen molar-refractivity contribution in [2.75, 3.05) is 5.32 Å². The second kappa shape index (κ2) is 7.97. The highest BCUT2D eigenvalue weighted by Gasteiger charge is 2.32. The van der Waals surface area contributed by atoms with Crippen LogP contribution in [0.5, 0.6) is 5.75 Å². The highest BCUT2D eigenvalue weighted by Crippen LogP contribution is 2.27. The van der Waals surface area contributed by atoms with Gasteiger partial charge in [-0.1, -0.05) is 24.3 Å². The number of nitrogens with one attached hydrogen (secondary N) is 2. The van der Waals surface area contributed by atoms with E-state index in [1.165, 1.54) is 37.3 Å². The molecule has 0 atom stereocenters. The van der Waals surface area contributed by atoms with Crippen LogP contribution < -0.4 is 14.8 Å². The minimum atomic E-state index is -4.89. The molecule has 2 aromatic carbocycles. The molecule has 0 bridgehead atoms. The van der Waals surface area contributed by atoms with Crippen LogP contribution in [0.25, 0.3) is 0 Å². The van der Waals surface area contributed by atoms with Gasteiger partial charge in [-0.2, -0.15) is 0 Å². The van der Waals surface area contributed by atoms with Gasteiger partial charge in [0.1, 0.15) is 5.75 Å². The molecule has 0 aliphatic rings. The molecular weight excluding hydrogens is 385 g/mol. The first-order valence-electron chi connectivity index (χ1n) is 7.69. The van der Waals surface area contributed by atoms with E-state index in [0.29, 0.717) is 5.56 Å². The van der Waals surface area contributed by atoms with E-state index in [1.54, 1.807) is 13.0 Å². The number of hydrogen-bond donors (Lipinski definition) is 2. The minimum Gasteiger partial charge on any atom is -0.405 e. The molecule has 0 spiro atoms. The zero-order chi connectivity index (χ0) is 20.2. The molecule has 2 rings (SSSR count). The van der Waals surface area contributed by atoms with E-state index >= 15 is 0 Å². The molecule has 0 saturated carbocycles. The number of carbonyl (C=O) groups excluding carboxylic acids is 1. The van der Waals surface area contributed by atoms with Crippen LogP contribution in [0.3, 0.4) is 0 Å². The monoisotopic (exact) mass is 402 g/mol. The van der Waals surface area contributed by atoms with E-state index in [-0.39, 0.29) is 22.1 Å². The molecule has 0 fully saturated rings. The predicted octanol–water partition coefficient (Wildman–Crippen LogP) is 3.33. The Morgan fingerprint density at radius 3 is 2.44 bits per heavy atom. The molecule has 10 heteroatoms. The van der Waals surface area contributed by atoms with Crippen molar-refractivity contribution in [3.05, 3.63) is 53.6 Å². The number of anilines is 1. The van der Waals surface area contributed by atoms with Gasteiger partial charge in [0.15, 0.2) is 0 Å². The fraction of sp³-hybridized carbons (Fsp3) is 0.235. The van der Waals surface area contributed by atoms with Gasteiger partial charge in [-0.25, -0.2) is 13.1 Å². The second-order valence-corrected chi connectivity index (χ2v) is 7.38. The van der Waals surface area contributed by atoms with E-state index < -0.39 is 28.7 Å². The summed E-state index contributed by atoms with van der Waals surface area (Å²) in [6.07, 6.45) is -4.89. The van der Waals surface area contributed by atoms with Gasteiger partial charge in [0.2, 0.25) is 15.9 Å². The number of sulfonamides is 1. The molecule has 0 heterocycles. The molecular formula is C17H17F3N2O4S. The van der Waals surface area contributed by atoms with Crippen molar-refractivity contribution >= 4 is 21.6 Å². The standard InChI is InChI=1S/C17H17F3N2O4S/c1-11-7-8-14(22-12(2)23)9-16(11)27(24,25)21-10-13-5-3-4-6-15(13)26-17(18,19)20/h3-9,21H,10H2,1-2H3,(H,22,23). The van der Waals surface area contributed by atoms with Crippen molar-refractivity contribution < 1.29 is 31.1 Å². The Morgan fingerprint density at radius 2 is 1.81 bits per heavy atom. The summed E-state index contributed by atoms with van der Waals surface area (Å²) in [4.78, 5) is 11.0. The number of ether oxygens (including phenoxy) is 1. The molecule has 0 aromatic heterocycles. The summed E-state index contributed by atoms with van der Waals surface area (Å²) in [5, 5.41) is 2.48. The summed E-state index contributed by atoms with van der Waals surface area (Å²) in [6, 6.07) is 9.57. The number of benzene rings is 2. The SMILES string of the molecule is CC(=O)Nc1ccc(C)c(S(=O)(=O)NCc2ccccc2OC(F)(F)F)c1. The first-order chi connectivity index (χ1) is 12.5. The highest BCUT2D eigenvalue weighted by molar-refractivity contribution is 7.89. The molecule has 0 aliphatic carbocycles. The molecule has 146 valence electrons. The number of carbonyl (C=O) groups is 1. The first kappa shape index (κ1) is 20.7. The third kappa shape index (κ3) is 5.97. The van der Waals surface area contributed by atoms with Crippen molar-refractivity contribution in [3.8, 4) is 5.75 Å². The fourth-order valence-electron chi connectivity index (χ4n) is 2.30. The number of aryl methyl sites for hydroxylation is 1. The smallest absolute Gasteiger partial charge is 0.405 e. The lowest BCUT2D eigenvalue weighted by Gasteiger charge is -2.15. The van der Waals surface area contributed by atoms with Crippen molar-refractivity contribution in [2.45, 2.75) is 31.7 Å².